The Kier molecular flexibility index (Phi) is 4.42. The molecule has 6 nitrogen and oxygen atoms in total. The zero-order chi connectivity index (χ0) is 17.7. The van der Waals surface area contributed by atoms with Gasteiger partial charge in [-0.05, 0) is 55.3 Å². The van der Waals surface area contributed by atoms with E-state index in [0.29, 0.717) is 24.0 Å². The molecule has 8 heteroatoms. The maximum Gasteiger partial charge on any atom is 0.410 e. The van der Waals surface area contributed by atoms with Gasteiger partial charge >= 0.3 is 6.09 Å². The minimum atomic E-state index is -3.58. The van der Waals surface area contributed by atoms with E-state index in [0.717, 1.165) is 0 Å². The van der Waals surface area contributed by atoms with Gasteiger partial charge in [-0.1, -0.05) is 12.1 Å². The number of amides is 1. The molecule has 132 valence electrons. The van der Waals surface area contributed by atoms with E-state index in [4.69, 9.17) is 4.74 Å². The van der Waals surface area contributed by atoms with Crippen molar-refractivity contribution in [2.45, 2.75) is 49.8 Å². The first-order valence-electron chi connectivity index (χ1n) is 7.85. The number of hydrogen-bond donors (Lipinski definition) is 0. The summed E-state index contributed by atoms with van der Waals surface area (Å²) in [5, 5.41) is 0. The molecule has 2 saturated heterocycles. The lowest BCUT2D eigenvalue weighted by atomic mass is 10.2. The molecule has 0 spiro atoms. The Balaban J connectivity index is 1.76. The molecule has 0 radical (unpaired) electrons. The highest BCUT2D eigenvalue weighted by molar-refractivity contribution is 9.10. The number of nitrogens with zero attached hydrogens (tertiary/aromatic N) is 2. The van der Waals surface area contributed by atoms with Crippen molar-refractivity contribution in [3.63, 3.8) is 0 Å². The van der Waals surface area contributed by atoms with Crippen LogP contribution in [0.25, 0.3) is 0 Å². The summed E-state index contributed by atoms with van der Waals surface area (Å²) in [6, 6.07) is 6.48. The second kappa shape index (κ2) is 6.00. The summed E-state index contributed by atoms with van der Waals surface area (Å²) in [5.74, 6) is 0. The lowest BCUT2D eigenvalue weighted by molar-refractivity contribution is 0.0173. The number of carbonyl (C=O) groups is 1. The van der Waals surface area contributed by atoms with Crippen LogP contribution in [0.4, 0.5) is 4.79 Å². The van der Waals surface area contributed by atoms with Gasteiger partial charge in [-0.3, -0.25) is 0 Å². The first-order chi connectivity index (χ1) is 11.1. The van der Waals surface area contributed by atoms with Crippen molar-refractivity contribution < 1.29 is 17.9 Å². The Labute approximate surface area is 150 Å². The molecule has 2 aliphatic heterocycles. The summed E-state index contributed by atoms with van der Waals surface area (Å²) in [4.78, 5) is 14.2. The first kappa shape index (κ1) is 17.7. The molecule has 3 rings (SSSR count). The monoisotopic (exact) mass is 416 g/mol. The molecule has 2 unspecified atom stereocenters. The summed E-state index contributed by atoms with van der Waals surface area (Å²) in [6.07, 6.45) is 0.288. The molecule has 1 aromatic rings. The molecule has 2 bridgehead atoms. The van der Waals surface area contributed by atoms with Gasteiger partial charge in [0.05, 0.1) is 10.9 Å². The van der Waals surface area contributed by atoms with Crippen LogP contribution >= 0.6 is 15.9 Å². The van der Waals surface area contributed by atoms with Gasteiger partial charge in [0.15, 0.2) is 0 Å². The smallest absolute Gasteiger partial charge is 0.410 e. The summed E-state index contributed by atoms with van der Waals surface area (Å²) < 4.78 is 33.3. The van der Waals surface area contributed by atoms with Crippen molar-refractivity contribution in [1.29, 1.82) is 0 Å². The van der Waals surface area contributed by atoms with Gasteiger partial charge in [0.1, 0.15) is 5.60 Å². The number of rotatable bonds is 2. The molecule has 2 fully saturated rings. The van der Waals surface area contributed by atoms with Crippen molar-refractivity contribution in [2.75, 3.05) is 13.1 Å². The zero-order valence-electron chi connectivity index (χ0n) is 13.9. The maximum atomic E-state index is 12.9. The minimum Gasteiger partial charge on any atom is -0.444 e. The Morgan fingerprint density at radius 1 is 1.21 bits per heavy atom. The number of carbonyl (C=O) groups excluding carboxylic acids is 1. The van der Waals surface area contributed by atoms with Crippen molar-refractivity contribution in [1.82, 2.24) is 9.21 Å². The fourth-order valence-corrected chi connectivity index (χ4v) is 5.88. The molecule has 24 heavy (non-hydrogen) atoms. The third-order valence-electron chi connectivity index (χ3n) is 4.24. The second-order valence-corrected chi connectivity index (χ2v) is 9.89. The lowest BCUT2D eigenvalue weighted by Crippen LogP contribution is -2.51. The molecule has 1 amide bonds. The molecule has 0 aromatic heterocycles. The van der Waals surface area contributed by atoms with E-state index in [1.807, 2.05) is 20.8 Å². The van der Waals surface area contributed by atoms with Crippen LogP contribution in [0.1, 0.15) is 27.2 Å². The Morgan fingerprint density at radius 2 is 1.88 bits per heavy atom. The van der Waals surface area contributed by atoms with E-state index in [1.165, 1.54) is 4.31 Å². The molecule has 1 aromatic carbocycles. The van der Waals surface area contributed by atoms with Crippen LogP contribution in [0, 0.1) is 0 Å². The number of halogens is 1. The number of sulfonamides is 1. The van der Waals surface area contributed by atoms with Gasteiger partial charge in [0.2, 0.25) is 10.0 Å². The van der Waals surface area contributed by atoms with Crippen LogP contribution in [-0.4, -0.2) is 54.5 Å². The number of likely N-dealkylation sites (tertiary alicyclic amines) is 1. The van der Waals surface area contributed by atoms with Gasteiger partial charge in [-0.2, -0.15) is 4.31 Å². The lowest BCUT2D eigenvalue weighted by Gasteiger charge is -2.34. The standard InChI is InChI=1S/C16H21BrN2O4S/c1-16(2,3)23-15(20)18-9-12-8-11(18)10-19(12)24(21,22)14-7-5-4-6-13(14)17/h4-7,11-12H,8-10H2,1-3H3. The Morgan fingerprint density at radius 3 is 2.42 bits per heavy atom. The summed E-state index contributed by atoms with van der Waals surface area (Å²) >= 11 is 3.31. The fraction of sp³-hybridized carbons (Fsp3) is 0.562. The quantitative estimate of drug-likeness (QED) is 0.743. The highest BCUT2D eigenvalue weighted by Gasteiger charge is 2.51. The van der Waals surface area contributed by atoms with Crippen molar-refractivity contribution in [3.05, 3.63) is 28.7 Å². The van der Waals surface area contributed by atoms with Gasteiger partial charge < -0.3 is 9.64 Å². The van der Waals surface area contributed by atoms with E-state index >= 15 is 0 Å². The topological polar surface area (TPSA) is 66.9 Å². The number of fused-ring (bicyclic) bond motifs is 2. The van der Waals surface area contributed by atoms with Gasteiger partial charge in [-0.15, -0.1) is 0 Å². The molecule has 2 aliphatic rings. The van der Waals surface area contributed by atoms with Crippen LogP contribution in [0.5, 0.6) is 0 Å². The average Bonchev–Trinajstić information content (AvgIpc) is 3.06. The summed E-state index contributed by atoms with van der Waals surface area (Å²) in [7, 11) is -3.58. The van der Waals surface area contributed by atoms with Crippen LogP contribution < -0.4 is 0 Å². The van der Waals surface area contributed by atoms with Crippen LogP contribution in [0.3, 0.4) is 0 Å². The molecule has 2 atom stereocenters. The van der Waals surface area contributed by atoms with Crippen LogP contribution in [-0.2, 0) is 14.8 Å². The Bertz CT molecular complexity index is 760. The minimum absolute atomic E-state index is 0.123. The predicted octanol–water partition coefficient (Wildman–Crippen LogP) is 2.83. The Hall–Kier alpha value is -1.12. The second-order valence-electron chi connectivity index (χ2n) is 7.18. The first-order valence-corrected chi connectivity index (χ1v) is 10.1. The van der Waals surface area contributed by atoms with Crippen molar-refractivity contribution in [2.24, 2.45) is 0 Å². The summed E-state index contributed by atoms with van der Waals surface area (Å²) in [6.45, 7) is 6.16. The van der Waals surface area contributed by atoms with Crippen molar-refractivity contribution in [3.8, 4) is 0 Å². The van der Waals surface area contributed by atoms with E-state index in [-0.39, 0.29) is 23.1 Å². The highest BCUT2D eigenvalue weighted by atomic mass is 79.9. The molecule has 2 heterocycles. The number of piperazine rings is 1. The van der Waals surface area contributed by atoms with Gasteiger partial charge in [0.25, 0.3) is 0 Å². The molecule has 0 saturated carbocycles. The summed E-state index contributed by atoms with van der Waals surface area (Å²) in [5.41, 5.74) is -0.556. The van der Waals surface area contributed by atoms with E-state index in [2.05, 4.69) is 15.9 Å². The normalized spacial score (nSPS) is 24.4. The zero-order valence-corrected chi connectivity index (χ0v) is 16.3. The third-order valence-corrected chi connectivity index (χ3v) is 7.17. The van der Waals surface area contributed by atoms with Crippen LogP contribution in [0.15, 0.2) is 33.6 Å². The maximum absolute atomic E-state index is 12.9. The van der Waals surface area contributed by atoms with E-state index in [9.17, 15) is 13.2 Å². The highest BCUT2D eigenvalue weighted by Crippen LogP contribution is 2.37. The SMILES string of the molecule is CC(C)(C)OC(=O)N1CC2CC1CN2S(=O)(=O)c1ccccc1Br. The van der Waals surface area contributed by atoms with E-state index < -0.39 is 15.6 Å². The van der Waals surface area contributed by atoms with E-state index in [1.54, 1.807) is 29.2 Å². The molecule has 0 N–H and O–H groups in total. The van der Waals surface area contributed by atoms with Crippen LogP contribution in [0.2, 0.25) is 0 Å². The molecular formula is C16H21BrN2O4S. The predicted molar refractivity (Wildman–Crippen MR) is 93.2 cm³/mol. The van der Waals surface area contributed by atoms with Crippen molar-refractivity contribution >= 4 is 32.0 Å². The largest absolute Gasteiger partial charge is 0.444 e. The number of benzene rings is 1. The number of hydrogen-bond acceptors (Lipinski definition) is 4. The molecule has 0 aliphatic carbocycles. The third kappa shape index (κ3) is 3.19. The molecular weight excluding hydrogens is 396 g/mol. The number of ether oxygens (including phenoxy) is 1. The van der Waals surface area contributed by atoms with Gasteiger partial charge in [-0.25, -0.2) is 13.2 Å². The average molecular weight is 417 g/mol. The fourth-order valence-electron chi connectivity index (χ4n) is 3.25. The van der Waals surface area contributed by atoms with Gasteiger partial charge in [0, 0.05) is 23.6 Å².